The van der Waals surface area contributed by atoms with Crippen LogP contribution in [-0.2, 0) is 12.3 Å². The Balaban J connectivity index is 2.20. The average molecular weight is 259 g/mol. The summed E-state index contributed by atoms with van der Waals surface area (Å²) in [6.07, 6.45) is 0.564. The zero-order valence-corrected chi connectivity index (χ0v) is 10.2. The Morgan fingerprint density at radius 1 is 1.47 bits per heavy atom. The second-order valence-corrected chi connectivity index (χ2v) is 4.53. The second-order valence-electron chi connectivity index (χ2n) is 4.13. The third-order valence-corrected chi connectivity index (χ3v) is 3.01. The normalized spacial score (nSPS) is 15.6. The van der Waals surface area contributed by atoms with Crippen molar-refractivity contribution in [2.45, 2.75) is 19.3 Å². The molecular formula is C12H13ClF2N2. The topological polar surface area (TPSA) is 24.4 Å². The first-order valence-electron chi connectivity index (χ1n) is 5.41. The van der Waals surface area contributed by atoms with Gasteiger partial charge in [-0.25, -0.2) is 8.78 Å². The van der Waals surface area contributed by atoms with E-state index in [-0.39, 0.29) is 5.56 Å². The number of aliphatic imine (C=N–C) groups is 1. The molecule has 2 rings (SSSR count). The van der Waals surface area contributed by atoms with Crippen molar-refractivity contribution in [3.05, 3.63) is 34.3 Å². The SMILES string of the molecule is CC(F)(F)c1ccc(CC2=NCCN2)c(Cl)c1. The van der Waals surface area contributed by atoms with Crippen molar-refractivity contribution in [1.29, 1.82) is 0 Å². The Bertz CT molecular complexity index is 452. The fourth-order valence-corrected chi connectivity index (χ4v) is 1.96. The third kappa shape index (κ3) is 2.94. The third-order valence-electron chi connectivity index (χ3n) is 2.66. The standard InChI is InChI=1S/C12H13ClF2N2/c1-12(14,15)9-3-2-8(10(13)7-9)6-11-16-4-5-17-11/h2-3,7H,4-6H2,1H3,(H,16,17). The van der Waals surface area contributed by atoms with Crippen LogP contribution in [-0.4, -0.2) is 18.9 Å². The highest BCUT2D eigenvalue weighted by Crippen LogP contribution is 2.30. The lowest BCUT2D eigenvalue weighted by atomic mass is 10.1. The number of nitrogens with one attached hydrogen (secondary N) is 1. The van der Waals surface area contributed by atoms with E-state index in [4.69, 9.17) is 11.6 Å². The second kappa shape index (κ2) is 4.61. The minimum Gasteiger partial charge on any atom is -0.372 e. The van der Waals surface area contributed by atoms with Crippen molar-refractivity contribution in [2.24, 2.45) is 4.99 Å². The van der Waals surface area contributed by atoms with E-state index in [1.54, 1.807) is 6.07 Å². The number of rotatable bonds is 3. The molecule has 1 aromatic rings. The molecule has 0 amide bonds. The molecule has 5 heteroatoms. The predicted octanol–water partition coefficient (Wildman–Crippen LogP) is 3.00. The molecule has 0 bridgehead atoms. The first-order chi connectivity index (χ1) is 7.97. The summed E-state index contributed by atoms with van der Waals surface area (Å²) in [6.45, 7) is 2.46. The molecule has 0 aliphatic carbocycles. The molecule has 0 spiro atoms. The van der Waals surface area contributed by atoms with E-state index in [1.807, 2.05) is 0 Å². The molecule has 0 saturated heterocycles. The summed E-state index contributed by atoms with van der Waals surface area (Å²) in [7, 11) is 0. The summed E-state index contributed by atoms with van der Waals surface area (Å²) in [5.74, 6) is -1.99. The lowest BCUT2D eigenvalue weighted by Gasteiger charge is -2.12. The quantitative estimate of drug-likeness (QED) is 0.886. The van der Waals surface area contributed by atoms with Crippen LogP contribution >= 0.6 is 11.6 Å². The van der Waals surface area contributed by atoms with Gasteiger partial charge in [0, 0.05) is 30.5 Å². The molecule has 0 fully saturated rings. The first kappa shape index (κ1) is 12.3. The molecule has 1 heterocycles. The highest BCUT2D eigenvalue weighted by Gasteiger charge is 2.25. The van der Waals surface area contributed by atoms with Crippen molar-refractivity contribution >= 4 is 17.4 Å². The number of hydrogen-bond donors (Lipinski definition) is 1. The van der Waals surface area contributed by atoms with Crippen LogP contribution in [0.4, 0.5) is 8.78 Å². The van der Waals surface area contributed by atoms with Gasteiger partial charge < -0.3 is 5.32 Å². The van der Waals surface area contributed by atoms with E-state index >= 15 is 0 Å². The monoisotopic (exact) mass is 258 g/mol. The van der Waals surface area contributed by atoms with Gasteiger partial charge in [0.05, 0.1) is 6.54 Å². The summed E-state index contributed by atoms with van der Waals surface area (Å²) in [5.41, 5.74) is 0.750. The van der Waals surface area contributed by atoms with Gasteiger partial charge in [-0.1, -0.05) is 23.7 Å². The van der Waals surface area contributed by atoms with Crippen LogP contribution in [0.3, 0.4) is 0 Å². The maximum atomic E-state index is 13.1. The molecule has 0 aromatic heterocycles. The van der Waals surface area contributed by atoms with Crippen LogP contribution in [0.2, 0.25) is 5.02 Å². The maximum absolute atomic E-state index is 13.1. The fourth-order valence-electron chi connectivity index (χ4n) is 1.71. The minimum atomic E-state index is -2.86. The molecule has 0 atom stereocenters. The van der Waals surface area contributed by atoms with Gasteiger partial charge >= 0.3 is 0 Å². The number of benzene rings is 1. The van der Waals surface area contributed by atoms with Gasteiger partial charge in [-0.05, 0) is 11.6 Å². The molecule has 92 valence electrons. The van der Waals surface area contributed by atoms with Gasteiger partial charge in [-0.2, -0.15) is 0 Å². The number of hydrogen-bond acceptors (Lipinski definition) is 2. The average Bonchev–Trinajstić information content (AvgIpc) is 2.72. The Morgan fingerprint density at radius 2 is 2.24 bits per heavy atom. The van der Waals surface area contributed by atoms with Crippen LogP contribution in [0.1, 0.15) is 18.1 Å². The lowest BCUT2D eigenvalue weighted by molar-refractivity contribution is 0.0175. The zero-order chi connectivity index (χ0) is 12.5. The van der Waals surface area contributed by atoms with Crippen molar-refractivity contribution < 1.29 is 8.78 Å². The Morgan fingerprint density at radius 3 is 2.76 bits per heavy atom. The van der Waals surface area contributed by atoms with E-state index in [9.17, 15) is 8.78 Å². The number of amidine groups is 1. The summed E-state index contributed by atoms with van der Waals surface area (Å²) < 4.78 is 26.2. The van der Waals surface area contributed by atoms with Gasteiger partial charge in [0.15, 0.2) is 0 Å². The largest absolute Gasteiger partial charge is 0.372 e. The molecular weight excluding hydrogens is 246 g/mol. The van der Waals surface area contributed by atoms with E-state index < -0.39 is 5.92 Å². The summed E-state index contributed by atoms with van der Waals surface area (Å²) in [4.78, 5) is 4.24. The Hall–Kier alpha value is -1.16. The van der Waals surface area contributed by atoms with Gasteiger partial charge in [0.1, 0.15) is 5.84 Å². The molecule has 1 N–H and O–H groups in total. The molecule has 2 nitrogen and oxygen atoms in total. The van der Waals surface area contributed by atoms with Crippen molar-refractivity contribution in [3.8, 4) is 0 Å². The van der Waals surface area contributed by atoms with E-state index in [0.29, 0.717) is 11.4 Å². The number of halogens is 3. The van der Waals surface area contributed by atoms with Crippen LogP contribution < -0.4 is 5.32 Å². The van der Waals surface area contributed by atoms with Crippen molar-refractivity contribution in [2.75, 3.05) is 13.1 Å². The molecule has 0 radical (unpaired) electrons. The summed E-state index contributed by atoms with van der Waals surface area (Å²) in [6, 6.07) is 4.38. The molecule has 17 heavy (non-hydrogen) atoms. The number of nitrogens with zero attached hydrogens (tertiary/aromatic N) is 1. The molecule has 1 aliphatic rings. The van der Waals surface area contributed by atoms with E-state index in [1.165, 1.54) is 12.1 Å². The lowest BCUT2D eigenvalue weighted by Crippen LogP contribution is -2.20. The van der Waals surface area contributed by atoms with Crippen LogP contribution in [0.5, 0.6) is 0 Å². The van der Waals surface area contributed by atoms with Gasteiger partial charge in [0.2, 0.25) is 0 Å². The van der Waals surface area contributed by atoms with E-state index in [0.717, 1.165) is 31.4 Å². The number of alkyl halides is 2. The minimum absolute atomic E-state index is 0.0624. The molecule has 1 aromatic carbocycles. The molecule has 0 unspecified atom stereocenters. The summed E-state index contributed by atoms with van der Waals surface area (Å²) in [5, 5.41) is 3.48. The first-order valence-corrected chi connectivity index (χ1v) is 5.78. The van der Waals surface area contributed by atoms with Crippen LogP contribution in [0.15, 0.2) is 23.2 Å². The Kier molecular flexibility index (Phi) is 3.33. The molecule has 0 saturated carbocycles. The highest BCUT2D eigenvalue weighted by molar-refractivity contribution is 6.31. The smallest absolute Gasteiger partial charge is 0.270 e. The Labute approximate surface area is 104 Å². The van der Waals surface area contributed by atoms with E-state index in [2.05, 4.69) is 10.3 Å². The van der Waals surface area contributed by atoms with Crippen molar-refractivity contribution in [1.82, 2.24) is 5.32 Å². The highest BCUT2D eigenvalue weighted by atomic mass is 35.5. The summed E-state index contributed by atoms with van der Waals surface area (Å²) >= 11 is 6.00. The molecule has 1 aliphatic heterocycles. The van der Waals surface area contributed by atoms with Crippen molar-refractivity contribution in [3.63, 3.8) is 0 Å². The zero-order valence-electron chi connectivity index (χ0n) is 9.43. The van der Waals surface area contributed by atoms with Crippen LogP contribution in [0, 0.1) is 0 Å². The van der Waals surface area contributed by atoms with Crippen LogP contribution in [0.25, 0.3) is 0 Å². The maximum Gasteiger partial charge on any atom is 0.270 e. The van der Waals surface area contributed by atoms with Gasteiger partial charge in [-0.3, -0.25) is 4.99 Å². The van der Waals surface area contributed by atoms with Gasteiger partial charge in [-0.15, -0.1) is 0 Å². The predicted molar refractivity (Wildman–Crippen MR) is 65.0 cm³/mol. The van der Waals surface area contributed by atoms with Gasteiger partial charge in [0.25, 0.3) is 5.92 Å². The fraction of sp³-hybridized carbons (Fsp3) is 0.417.